The van der Waals surface area contributed by atoms with Gasteiger partial charge in [-0.1, -0.05) is 12.1 Å². The molecule has 2 aromatic heterocycles. The van der Waals surface area contributed by atoms with Crippen LogP contribution in [0.15, 0.2) is 42.7 Å². The van der Waals surface area contributed by atoms with Crippen molar-refractivity contribution >= 4 is 28.7 Å². The molecule has 0 fully saturated rings. The molecule has 0 saturated heterocycles. The summed E-state index contributed by atoms with van der Waals surface area (Å²) in [6.07, 6.45) is 3.54. The highest BCUT2D eigenvalue weighted by molar-refractivity contribution is 6.00. The maximum atomic E-state index is 11.5. The van der Waals surface area contributed by atoms with Crippen LogP contribution in [0.5, 0.6) is 11.6 Å². The first-order valence-electron chi connectivity index (χ1n) is 6.59. The number of nitrogens with zero attached hydrogens (tertiary/aromatic N) is 3. The van der Waals surface area contributed by atoms with E-state index in [2.05, 4.69) is 9.97 Å². The Bertz CT molecular complexity index is 850. The standard InChI is InChI=1S/C16H13N3O3/c1-10-3-2-4-12-13(10)15(21)14(16(22)18-12)19(9-20)11-5-7-17-8-6-11/h2-9H,1H3,(H2,18,21,22). The fourth-order valence-electron chi connectivity index (χ4n) is 2.41. The summed E-state index contributed by atoms with van der Waals surface area (Å²) < 4.78 is 0. The zero-order valence-electron chi connectivity index (χ0n) is 11.8. The number of hydrogen-bond donors (Lipinski definition) is 2. The van der Waals surface area contributed by atoms with E-state index in [-0.39, 0.29) is 11.4 Å². The molecule has 0 radical (unpaired) electrons. The molecule has 3 aromatic rings. The normalized spacial score (nSPS) is 10.6. The van der Waals surface area contributed by atoms with E-state index in [1.54, 1.807) is 24.3 Å². The van der Waals surface area contributed by atoms with Crippen LogP contribution in [0.1, 0.15) is 5.56 Å². The minimum absolute atomic E-state index is 0.0528. The Hall–Kier alpha value is -3.15. The molecule has 6 nitrogen and oxygen atoms in total. The third-order valence-corrected chi connectivity index (χ3v) is 3.44. The first kappa shape index (κ1) is 13.8. The molecule has 0 unspecified atom stereocenters. The summed E-state index contributed by atoms with van der Waals surface area (Å²) in [6.45, 7) is 1.82. The number of carbonyl (C=O) groups excluding carboxylic acids is 1. The van der Waals surface area contributed by atoms with Crippen molar-refractivity contribution in [2.45, 2.75) is 6.92 Å². The number of aromatic hydroxyl groups is 2. The highest BCUT2D eigenvalue weighted by atomic mass is 16.3. The summed E-state index contributed by atoms with van der Waals surface area (Å²) in [5.74, 6) is -0.607. The van der Waals surface area contributed by atoms with Crippen molar-refractivity contribution in [3.8, 4) is 11.6 Å². The molecule has 0 aliphatic carbocycles. The van der Waals surface area contributed by atoms with Gasteiger partial charge in [-0.15, -0.1) is 0 Å². The lowest BCUT2D eigenvalue weighted by Crippen LogP contribution is -2.15. The topological polar surface area (TPSA) is 86.6 Å². The Labute approximate surface area is 126 Å². The van der Waals surface area contributed by atoms with Crippen molar-refractivity contribution in [2.24, 2.45) is 0 Å². The fraction of sp³-hybridized carbons (Fsp3) is 0.0625. The van der Waals surface area contributed by atoms with Crippen LogP contribution in [0.25, 0.3) is 10.9 Å². The Kier molecular flexibility index (Phi) is 3.34. The van der Waals surface area contributed by atoms with Crippen LogP contribution in [0.2, 0.25) is 0 Å². The second-order valence-electron chi connectivity index (χ2n) is 4.78. The van der Waals surface area contributed by atoms with Gasteiger partial charge in [0.2, 0.25) is 12.3 Å². The first-order chi connectivity index (χ1) is 10.6. The molecule has 1 aromatic carbocycles. The van der Waals surface area contributed by atoms with Gasteiger partial charge in [-0.05, 0) is 30.7 Å². The number of benzene rings is 1. The average molecular weight is 295 g/mol. The van der Waals surface area contributed by atoms with Crippen LogP contribution in [-0.4, -0.2) is 26.6 Å². The van der Waals surface area contributed by atoms with Crippen LogP contribution in [0.4, 0.5) is 11.4 Å². The number of anilines is 2. The molecule has 0 bridgehead atoms. The molecule has 0 saturated carbocycles. The van der Waals surface area contributed by atoms with Crippen molar-refractivity contribution < 1.29 is 15.0 Å². The molecular weight excluding hydrogens is 282 g/mol. The van der Waals surface area contributed by atoms with Gasteiger partial charge >= 0.3 is 0 Å². The maximum Gasteiger partial charge on any atom is 0.240 e. The molecule has 3 rings (SSSR count). The maximum absolute atomic E-state index is 11.5. The number of amides is 1. The van der Waals surface area contributed by atoms with Gasteiger partial charge in [0.1, 0.15) is 0 Å². The van der Waals surface area contributed by atoms with E-state index in [1.807, 2.05) is 13.0 Å². The third kappa shape index (κ3) is 2.10. The van der Waals surface area contributed by atoms with Crippen LogP contribution in [-0.2, 0) is 4.79 Å². The summed E-state index contributed by atoms with van der Waals surface area (Å²) >= 11 is 0. The second kappa shape index (κ2) is 5.33. The number of hydrogen-bond acceptors (Lipinski definition) is 5. The fourth-order valence-corrected chi connectivity index (χ4v) is 2.41. The molecule has 22 heavy (non-hydrogen) atoms. The lowest BCUT2D eigenvalue weighted by molar-refractivity contribution is -0.106. The lowest BCUT2D eigenvalue weighted by atomic mass is 10.1. The predicted molar refractivity (Wildman–Crippen MR) is 82.2 cm³/mol. The van der Waals surface area contributed by atoms with Gasteiger partial charge in [-0.2, -0.15) is 0 Å². The zero-order valence-corrected chi connectivity index (χ0v) is 11.8. The Morgan fingerprint density at radius 3 is 2.55 bits per heavy atom. The highest BCUT2D eigenvalue weighted by Crippen LogP contribution is 2.43. The molecule has 0 aliphatic rings. The van der Waals surface area contributed by atoms with E-state index >= 15 is 0 Å². The Balaban J connectivity index is 2.30. The molecule has 2 heterocycles. The number of aryl methyl sites for hydroxylation is 1. The van der Waals surface area contributed by atoms with Crippen LogP contribution < -0.4 is 4.90 Å². The minimum Gasteiger partial charge on any atom is -0.505 e. The van der Waals surface area contributed by atoms with E-state index in [9.17, 15) is 15.0 Å². The summed E-state index contributed by atoms with van der Waals surface area (Å²) in [7, 11) is 0. The molecule has 0 spiro atoms. The summed E-state index contributed by atoms with van der Waals surface area (Å²) in [4.78, 5) is 20.6. The molecule has 6 heteroatoms. The predicted octanol–water partition coefficient (Wildman–Crippen LogP) is 2.64. The Morgan fingerprint density at radius 2 is 1.86 bits per heavy atom. The number of pyridine rings is 2. The van der Waals surface area contributed by atoms with Crippen molar-refractivity contribution in [2.75, 3.05) is 4.90 Å². The van der Waals surface area contributed by atoms with Gasteiger partial charge in [0.25, 0.3) is 0 Å². The first-order valence-corrected chi connectivity index (χ1v) is 6.59. The van der Waals surface area contributed by atoms with Crippen molar-refractivity contribution in [3.63, 3.8) is 0 Å². The number of aromatic nitrogens is 2. The van der Waals surface area contributed by atoms with E-state index in [0.29, 0.717) is 23.0 Å². The SMILES string of the molecule is Cc1cccc2nc(O)c(N(C=O)c3ccncc3)c(O)c12. The molecule has 0 aliphatic heterocycles. The Morgan fingerprint density at radius 1 is 1.14 bits per heavy atom. The smallest absolute Gasteiger partial charge is 0.240 e. The number of fused-ring (bicyclic) bond motifs is 1. The third-order valence-electron chi connectivity index (χ3n) is 3.44. The van der Waals surface area contributed by atoms with Crippen LogP contribution >= 0.6 is 0 Å². The van der Waals surface area contributed by atoms with Crippen molar-refractivity contribution in [1.29, 1.82) is 0 Å². The van der Waals surface area contributed by atoms with E-state index in [4.69, 9.17) is 0 Å². The summed E-state index contributed by atoms with van der Waals surface area (Å²) in [6, 6.07) is 8.47. The number of carbonyl (C=O) groups is 1. The molecular formula is C16H13N3O3. The largest absolute Gasteiger partial charge is 0.505 e. The lowest BCUT2D eigenvalue weighted by Gasteiger charge is -2.20. The van der Waals surface area contributed by atoms with E-state index < -0.39 is 5.88 Å². The molecule has 2 N–H and O–H groups in total. The quantitative estimate of drug-likeness (QED) is 0.725. The highest BCUT2D eigenvalue weighted by Gasteiger charge is 2.22. The summed E-state index contributed by atoms with van der Waals surface area (Å²) in [5, 5.41) is 21.2. The van der Waals surface area contributed by atoms with Gasteiger partial charge in [0.05, 0.1) is 11.2 Å². The summed E-state index contributed by atoms with van der Waals surface area (Å²) in [5.41, 5.74) is 1.66. The monoisotopic (exact) mass is 295 g/mol. The van der Waals surface area contributed by atoms with Crippen molar-refractivity contribution in [3.05, 3.63) is 48.3 Å². The van der Waals surface area contributed by atoms with Gasteiger partial charge in [-0.3, -0.25) is 14.7 Å². The molecule has 110 valence electrons. The molecule has 0 atom stereocenters. The van der Waals surface area contributed by atoms with Gasteiger partial charge < -0.3 is 10.2 Å². The number of rotatable bonds is 3. The van der Waals surface area contributed by atoms with Gasteiger partial charge in [0.15, 0.2) is 11.4 Å². The minimum atomic E-state index is -0.417. The van der Waals surface area contributed by atoms with E-state index in [0.717, 1.165) is 10.5 Å². The second-order valence-corrected chi connectivity index (χ2v) is 4.78. The van der Waals surface area contributed by atoms with Crippen LogP contribution in [0, 0.1) is 6.92 Å². The van der Waals surface area contributed by atoms with Gasteiger partial charge in [0, 0.05) is 17.8 Å². The van der Waals surface area contributed by atoms with E-state index in [1.165, 1.54) is 12.4 Å². The van der Waals surface area contributed by atoms with Crippen LogP contribution in [0.3, 0.4) is 0 Å². The molecule has 1 amide bonds. The average Bonchev–Trinajstić information content (AvgIpc) is 2.52. The van der Waals surface area contributed by atoms with Gasteiger partial charge in [-0.25, -0.2) is 4.98 Å². The zero-order chi connectivity index (χ0) is 15.7. The van der Waals surface area contributed by atoms with Crippen molar-refractivity contribution in [1.82, 2.24) is 9.97 Å².